The maximum Gasteiger partial charge on any atom is 0.228 e. The van der Waals surface area contributed by atoms with Crippen LogP contribution in [0.2, 0.25) is 5.02 Å². The van der Waals surface area contributed by atoms with Gasteiger partial charge in [0.15, 0.2) is 5.78 Å². The molecule has 0 fully saturated rings. The minimum Gasteiger partial charge on any atom is -0.354 e. The summed E-state index contributed by atoms with van der Waals surface area (Å²) >= 11 is 5.90. The Bertz CT molecular complexity index is 1380. The molecule has 5 heteroatoms. The summed E-state index contributed by atoms with van der Waals surface area (Å²) in [6, 6.07) is 18.8. The largest absolute Gasteiger partial charge is 0.354 e. The van der Waals surface area contributed by atoms with Crippen molar-refractivity contribution < 1.29 is 9.59 Å². The van der Waals surface area contributed by atoms with E-state index in [2.05, 4.69) is 22.4 Å². The second-order valence-corrected chi connectivity index (χ2v) is 8.20. The van der Waals surface area contributed by atoms with Crippen LogP contribution < -0.4 is 5.32 Å². The lowest BCUT2D eigenvalue weighted by atomic mass is 10.00. The number of amides is 1. The number of hydrogen-bond acceptors (Lipinski definition) is 2. The van der Waals surface area contributed by atoms with Gasteiger partial charge in [-0.15, -0.1) is 0 Å². The number of aryl methyl sites for hydroxylation is 1. The van der Waals surface area contributed by atoms with E-state index in [4.69, 9.17) is 11.6 Å². The summed E-state index contributed by atoms with van der Waals surface area (Å²) in [5, 5.41) is 4.66. The third kappa shape index (κ3) is 3.66. The zero-order valence-corrected chi connectivity index (χ0v) is 17.6. The van der Waals surface area contributed by atoms with Crippen LogP contribution in [0.3, 0.4) is 0 Å². The lowest BCUT2D eigenvalue weighted by molar-refractivity contribution is -0.115. The lowest BCUT2D eigenvalue weighted by Gasteiger charge is -2.08. The molecule has 2 heterocycles. The molecule has 4 aromatic rings. The molecule has 0 radical (unpaired) electrons. The number of anilines is 1. The molecule has 0 unspecified atom stereocenters. The summed E-state index contributed by atoms with van der Waals surface area (Å²) in [6.07, 6.45) is 3.65. The molecule has 0 aliphatic carbocycles. The molecular weight excluding hydrogens is 408 g/mol. The standard InChI is InChI=1S/C26H19ClN2O2/c1-15-2-9-22-19(12-15)20-14-25(31)28-23-10-3-16(13-21(23)26(20)29-22)4-11-24(30)17-5-7-18(27)8-6-17/h2-13,29H,14H2,1H3,(H,28,31). The van der Waals surface area contributed by atoms with E-state index in [1.807, 2.05) is 31.2 Å². The molecule has 0 atom stereocenters. The Kier molecular flexibility index (Phi) is 4.72. The third-order valence-corrected chi connectivity index (χ3v) is 5.79. The average Bonchev–Trinajstić information content (AvgIpc) is 3.03. The number of ketones is 1. The van der Waals surface area contributed by atoms with E-state index in [-0.39, 0.29) is 11.7 Å². The normalized spacial score (nSPS) is 13.0. The summed E-state index contributed by atoms with van der Waals surface area (Å²) in [7, 11) is 0. The van der Waals surface area contributed by atoms with E-state index in [1.54, 1.807) is 36.4 Å². The zero-order chi connectivity index (χ0) is 21.5. The summed E-state index contributed by atoms with van der Waals surface area (Å²) in [6.45, 7) is 2.05. The van der Waals surface area contributed by atoms with Crippen molar-refractivity contribution in [1.82, 2.24) is 4.98 Å². The molecule has 0 bridgehead atoms. The Balaban J connectivity index is 1.56. The fourth-order valence-corrected chi connectivity index (χ4v) is 4.12. The Morgan fingerprint density at radius 2 is 1.84 bits per heavy atom. The first kappa shape index (κ1) is 19.3. The summed E-state index contributed by atoms with van der Waals surface area (Å²) in [4.78, 5) is 28.5. The van der Waals surface area contributed by atoms with Gasteiger partial charge >= 0.3 is 0 Å². The molecule has 152 valence electrons. The van der Waals surface area contributed by atoms with Crippen molar-refractivity contribution in [2.24, 2.45) is 0 Å². The highest BCUT2D eigenvalue weighted by Gasteiger charge is 2.23. The third-order valence-electron chi connectivity index (χ3n) is 5.54. The van der Waals surface area contributed by atoms with Gasteiger partial charge in [0.05, 0.1) is 17.8 Å². The van der Waals surface area contributed by atoms with Gasteiger partial charge in [-0.3, -0.25) is 9.59 Å². The molecule has 31 heavy (non-hydrogen) atoms. The van der Waals surface area contributed by atoms with Gasteiger partial charge in [0.1, 0.15) is 0 Å². The van der Waals surface area contributed by atoms with Crippen LogP contribution in [0.25, 0.3) is 28.2 Å². The molecule has 0 spiro atoms. The highest BCUT2D eigenvalue weighted by atomic mass is 35.5. The van der Waals surface area contributed by atoms with Gasteiger partial charge in [-0.2, -0.15) is 0 Å². The molecule has 5 rings (SSSR count). The maximum absolute atomic E-state index is 12.5. The lowest BCUT2D eigenvalue weighted by Crippen LogP contribution is -2.12. The first-order valence-corrected chi connectivity index (χ1v) is 10.4. The van der Waals surface area contributed by atoms with Crippen LogP contribution in [0.15, 0.2) is 66.7 Å². The van der Waals surface area contributed by atoms with E-state index in [1.165, 1.54) is 0 Å². The molecule has 0 saturated carbocycles. The van der Waals surface area contributed by atoms with Crippen LogP contribution in [0, 0.1) is 6.92 Å². The number of allylic oxidation sites excluding steroid dienone is 1. The van der Waals surface area contributed by atoms with Gasteiger partial charge in [0.25, 0.3) is 0 Å². The van der Waals surface area contributed by atoms with Crippen LogP contribution in [0.1, 0.15) is 27.0 Å². The van der Waals surface area contributed by atoms with Crippen molar-refractivity contribution in [2.45, 2.75) is 13.3 Å². The van der Waals surface area contributed by atoms with Crippen LogP contribution in [-0.4, -0.2) is 16.7 Å². The number of aromatic amines is 1. The van der Waals surface area contributed by atoms with Crippen molar-refractivity contribution in [3.05, 3.63) is 94.0 Å². The number of rotatable bonds is 3. The quantitative estimate of drug-likeness (QED) is 0.303. The zero-order valence-electron chi connectivity index (χ0n) is 16.8. The Morgan fingerprint density at radius 3 is 2.65 bits per heavy atom. The SMILES string of the molecule is Cc1ccc2[nH]c3c(c2c1)CC(=O)Nc1ccc(C=CC(=O)c2ccc(Cl)cc2)cc1-3. The van der Waals surface area contributed by atoms with Gasteiger partial charge in [0, 0.05) is 27.1 Å². The number of carbonyl (C=O) groups excluding carboxylic acids is 2. The number of aromatic nitrogens is 1. The van der Waals surface area contributed by atoms with E-state index < -0.39 is 0 Å². The van der Waals surface area contributed by atoms with Crippen molar-refractivity contribution in [3.63, 3.8) is 0 Å². The molecule has 0 saturated heterocycles. The Hall–Kier alpha value is -3.63. The first-order chi connectivity index (χ1) is 15.0. The fourth-order valence-electron chi connectivity index (χ4n) is 3.99. The number of H-pyrrole nitrogens is 1. The predicted molar refractivity (Wildman–Crippen MR) is 126 cm³/mol. The minimum atomic E-state index is -0.0957. The predicted octanol–water partition coefficient (Wildman–Crippen LogP) is 6.19. The van der Waals surface area contributed by atoms with Crippen LogP contribution >= 0.6 is 11.6 Å². The van der Waals surface area contributed by atoms with Gasteiger partial charge < -0.3 is 10.3 Å². The highest BCUT2D eigenvalue weighted by Crippen LogP contribution is 2.38. The van der Waals surface area contributed by atoms with Gasteiger partial charge in [-0.25, -0.2) is 0 Å². The molecule has 1 aliphatic heterocycles. The second-order valence-electron chi connectivity index (χ2n) is 7.76. The molecule has 3 aromatic carbocycles. The summed E-state index contributed by atoms with van der Waals surface area (Å²) in [5.74, 6) is -0.134. The smallest absolute Gasteiger partial charge is 0.228 e. The molecule has 2 N–H and O–H groups in total. The number of halogens is 1. The van der Waals surface area contributed by atoms with Crippen molar-refractivity contribution in [1.29, 1.82) is 0 Å². The summed E-state index contributed by atoms with van der Waals surface area (Å²) < 4.78 is 0. The number of nitrogens with one attached hydrogen (secondary N) is 2. The van der Waals surface area contributed by atoms with Crippen molar-refractivity contribution in [2.75, 3.05) is 5.32 Å². The number of fused-ring (bicyclic) bond motifs is 5. The first-order valence-electron chi connectivity index (χ1n) is 10.0. The van der Waals surface area contributed by atoms with Gasteiger partial charge in [0.2, 0.25) is 5.91 Å². The number of carbonyl (C=O) groups is 2. The topological polar surface area (TPSA) is 62.0 Å². The van der Waals surface area contributed by atoms with E-state index in [0.29, 0.717) is 17.0 Å². The second kappa shape index (κ2) is 7.56. The van der Waals surface area contributed by atoms with Crippen molar-refractivity contribution in [3.8, 4) is 11.3 Å². The molecular formula is C26H19ClN2O2. The van der Waals surface area contributed by atoms with Gasteiger partial charge in [-0.05, 0) is 72.7 Å². The monoisotopic (exact) mass is 426 g/mol. The van der Waals surface area contributed by atoms with E-state index >= 15 is 0 Å². The van der Waals surface area contributed by atoms with Crippen LogP contribution in [0.5, 0.6) is 0 Å². The van der Waals surface area contributed by atoms with Crippen LogP contribution in [0.4, 0.5) is 5.69 Å². The molecule has 1 aromatic heterocycles. The van der Waals surface area contributed by atoms with E-state index in [0.717, 1.165) is 44.5 Å². The maximum atomic E-state index is 12.5. The van der Waals surface area contributed by atoms with E-state index in [9.17, 15) is 9.59 Å². The fraction of sp³-hybridized carbons (Fsp3) is 0.0769. The minimum absolute atomic E-state index is 0.0383. The highest BCUT2D eigenvalue weighted by molar-refractivity contribution is 6.30. The average molecular weight is 427 g/mol. The van der Waals surface area contributed by atoms with Gasteiger partial charge in [-0.1, -0.05) is 35.4 Å². The summed E-state index contributed by atoms with van der Waals surface area (Å²) in [5.41, 5.74) is 7.21. The van der Waals surface area contributed by atoms with Crippen molar-refractivity contribution >= 4 is 46.0 Å². The van der Waals surface area contributed by atoms with Crippen LogP contribution in [-0.2, 0) is 11.2 Å². The molecule has 1 amide bonds. The Labute approximate surface area is 184 Å². The molecule has 4 nitrogen and oxygen atoms in total. The number of hydrogen-bond donors (Lipinski definition) is 2. The Morgan fingerprint density at radius 1 is 1.03 bits per heavy atom. The number of benzene rings is 3. The molecule has 1 aliphatic rings.